The molecule has 9 heteroatoms. The zero-order valence-corrected chi connectivity index (χ0v) is 19.2. The summed E-state index contributed by atoms with van der Waals surface area (Å²) in [5, 5.41) is 9.99. The first-order valence-electron chi connectivity index (χ1n) is 10.0. The van der Waals surface area contributed by atoms with Crippen LogP contribution in [0, 0.1) is 19.8 Å². The maximum atomic E-state index is 13.3. The van der Waals surface area contributed by atoms with E-state index in [4.69, 9.17) is 5.14 Å². The summed E-state index contributed by atoms with van der Waals surface area (Å²) < 4.78 is 23.7. The van der Waals surface area contributed by atoms with Crippen molar-refractivity contribution in [3.8, 4) is 0 Å². The molecule has 0 spiro atoms. The predicted molar refractivity (Wildman–Crippen MR) is 125 cm³/mol. The van der Waals surface area contributed by atoms with Crippen LogP contribution in [-0.2, 0) is 19.6 Å². The van der Waals surface area contributed by atoms with Gasteiger partial charge in [0.2, 0.25) is 21.8 Å². The summed E-state index contributed by atoms with van der Waals surface area (Å²) in [4.78, 5) is 28.8. The molecule has 2 atom stereocenters. The van der Waals surface area contributed by atoms with Crippen LogP contribution < -0.4 is 15.4 Å². The van der Waals surface area contributed by atoms with Crippen LogP contribution in [0.25, 0.3) is 0 Å². The summed E-state index contributed by atoms with van der Waals surface area (Å²) in [6.07, 6.45) is 0.0518. The van der Waals surface area contributed by atoms with Gasteiger partial charge in [-0.15, -0.1) is 11.3 Å². The summed E-state index contributed by atoms with van der Waals surface area (Å²) in [6.45, 7) is 3.60. The van der Waals surface area contributed by atoms with Crippen molar-refractivity contribution in [2.45, 2.75) is 31.2 Å². The molecule has 1 aromatic heterocycles. The number of nitrogens with two attached hydrogens (primary N) is 1. The Morgan fingerprint density at radius 1 is 1.12 bits per heavy atom. The van der Waals surface area contributed by atoms with E-state index in [1.165, 1.54) is 17.4 Å². The molecule has 32 heavy (non-hydrogen) atoms. The highest BCUT2D eigenvalue weighted by molar-refractivity contribution is 7.89. The molecular formula is C23H23N3O4S2. The maximum absolute atomic E-state index is 13.3. The Kier molecular flexibility index (Phi) is 5.89. The van der Waals surface area contributed by atoms with Gasteiger partial charge in [0.25, 0.3) is 0 Å². The van der Waals surface area contributed by atoms with E-state index in [1.54, 1.807) is 24.0 Å². The minimum absolute atomic E-state index is 0.0473. The number of amides is 2. The number of sulfonamides is 1. The topological polar surface area (TPSA) is 110 Å². The fourth-order valence-corrected chi connectivity index (χ4v) is 5.67. The van der Waals surface area contributed by atoms with Crippen LogP contribution in [0.15, 0.2) is 64.9 Å². The van der Waals surface area contributed by atoms with Gasteiger partial charge in [-0.3, -0.25) is 9.59 Å². The number of primary sulfonamides is 1. The van der Waals surface area contributed by atoms with Crippen LogP contribution >= 0.6 is 11.3 Å². The van der Waals surface area contributed by atoms with Crippen molar-refractivity contribution < 1.29 is 18.0 Å². The lowest BCUT2D eigenvalue weighted by atomic mass is 9.97. The van der Waals surface area contributed by atoms with Gasteiger partial charge in [0.1, 0.15) is 0 Å². The lowest BCUT2D eigenvalue weighted by Crippen LogP contribution is -2.32. The normalized spacial score (nSPS) is 18.7. The molecule has 2 aromatic carbocycles. The van der Waals surface area contributed by atoms with E-state index in [9.17, 15) is 18.0 Å². The molecule has 0 saturated carbocycles. The van der Waals surface area contributed by atoms with Crippen molar-refractivity contribution in [1.29, 1.82) is 0 Å². The first-order chi connectivity index (χ1) is 15.1. The van der Waals surface area contributed by atoms with Gasteiger partial charge in [-0.05, 0) is 55.1 Å². The van der Waals surface area contributed by atoms with E-state index in [0.29, 0.717) is 11.3 Å². The fraction of sp³-hybridized carbons (Fsp3) is 0.217. The van der Waals surface area contributed by atoms with Gasteiger partial charge >= 0.3 is 0 Å². The second-order valence-corrected chi connectivity index (χ2v) is 10.4. The van der Waals surface area contributed by atoms with E-state index in [1.807, 2.05) is 48.7 Å². The molecule has 3 aromatic rings. The molecule has 0 aliphatic carbocycles. The van der Waals surface area contributed by atoms with E-state index in [0.717, 1.165) is 16.1 Å². The summed E-state index contributed by atoms with van der Waals surface area (Å²) in [5.74, 6) is -1.13. The Balaban J connectivity index is 1.67. The number of benzene rings is 2. The van der Waals surface area contributed by atoms with Gasteiger partial charge < -0.3 is 10.2 Å². The molecule has 0 radical (unpaired) electrons. The summed E-state index contributed by atoms with van der Waals surface area (Å²) in [7, 11) is -3.93. The number of rotatable bonds is 5. The summed E-state index contributed by atoms with van der Waals surface area (Å²) in [5.41, 5.74) is 2.62. The first-order valence-corrected chi connectivity index (χ1v) is 12.4. The number of nitrogens with one attached hydrogen (secondary N) is 1. The molecule has 0 bridgehead atoms. The monoisotopic (exact) mass is 469 g/mol. The second kappa shape index (κ2) is 8.50. The Morgan fingerprint density at radius 2 is 1.84 bits per heavy atom. The van der Waals surface area contributed by atoms with Gasteiger partial charge in [0.15, 0.2) is 0 Å². The molecule has 2 unspecified atom stereocenters. The van der Waals surface area contributed by atoms with Crippen molar-refractivity contribution >= 4 is 44.5 Å². The van der Waals surface area contributed by atoms with Gasteiger partial charge in [0, 0.05) is 22.7 Å². The average molecular weight is 470 g/mol. The third-order valence-corrected chi connectivity index (χ3v) is 7.56. The number of thiophene rings is 1. The zero-order valence-electron chi connectivity index (χ0n) is 17.6. The number of carbonyl (C=O) groups is 2. The van der Waals surface area contributed by atoms with Crippen molar-refractivity contribution in [2.24, 2.45) is 11.1 Å². The highest BCUT2D eigenvalue weighted by Gasteiger charge is 2.45. The van der Waals surface area contributed by atoms with Gasteiger partial charge in [0.05, 0.1) is 16.9 Å². The first kappa shape index (κ1) is 22.2. The molecule has 2 amide bonds. The van der Waals surface area contributed by atoms with Crippen LogP contribution in [0.3, 0.4) is 0 Å². The van der Waals surface area contributed by atoms with Crippen LogP contribution in [0.5, 0.6) is 0 Å². The lowest BCUT2D eigenvalue weighted by Gasteiger charge is -2.27. The summed E-state index contributed by atoms with van der Waals surface area (Å²) in [6, 6.07) is 15.5. The van der Waals surface area contributed by atoms with Crippen molar-refractivity contribution in [2.75, 3.05) is 10.2 Å². The Morgan fingerprint density at radius 3 is 2.47 bits per heavy atom. The third-order valence-electron chi connectivity index (χ3n) is 5.57. The molecule has 1 aliphatic rings. The van der Waals surface area contributed by atoms with Crippen LogP contribution in [-0.4, -0.2) is 20.2 Å². The van der Waals surface area contributed by atoms with Crippen molar-refractivity contribution in [1.82, 2.24) is 0 Å². The van der Waals surface area contributed by atoms with Crippen molar-refractivity contribution in [3.63, 3.8) is 0 Å². The number of hydrogen-bond acceptors (Lipinski definition) is 5. The highest BCUT2D eigenvalue weighted by atomic mass is 32.2. The smallest absolute Gasteiger partial charge is 0.238 e. The molecule has 2 heterocycles. The third kappa shape index (κ3) is 4.32. The number of anilines is 2. The molecular weight excluding hydrogens is 446 g/mol. The lowest BCUT2D eigenvalue weighted by molar-refractivity contribution is -0.122. The SMILES string of the molecule is Cc1ccc(N2C(=O)CC(C(=O)Nc3ccc(C)c(S(N)(=O)=O)c3)C2c2cccs2)cc1. The summed E-state index contributed by atoms with van der Waals surface area (Å²) >= 11 is 1.49. The Labute approximate surface area is 190 Å². The second-order valence-electron chi connectivity index (χ2n) is 7.88. The van der Waals surface area contributed by atoms with E-state index >= 15 is 0 Å². The highest BCUT2D eigenvalue weighted by Crippen LogP contribution is 2.43. The minimum atomic E-state index is -3.93. The Hall–Kier alpha value is -3.01. The van der Waals surface area contributed by atoms with Gasteiger partial charge in [-0.1, -0.05) is 29.8 Å². The standard InChI is InChI=1S/C23H23N3O4S2/c1-14-5-9-17(10-6-14)26-21(27)13-18(22(26)19-4-3-11-31-19)23(28)25-16-8-7-15(2)20(12-16)32(24,29)30/h3-12,18,22H,13H2,1-2H3,(H,25,28)(H2,24,29,30). The molecule has 166 valence electrons. The van der Waals surface area contributed by atoms with Gasteiger partial charge in [-0.25, -0.2) is 13.6 Å². The quantitative estimate of drug-likeness (QED) is 0.593. The Bertz CT molecular complexity index is 1270. The van der Waals surface area contributed by atoms with Gasteiger partial charge in [-0.2, -0.15) is 0 Å². The molecule has 1 aliphatic heterocycles. The number of nitrogens with zero attached hydrogens (tertiary/aromatic N) is 1. The average Bonchev–Trinajstić information content (AvgIpc) is 3.37. The number of hydrogen-bond donors (Lipinski definition) is 2. The number of carbonyl (C=O) groups excluding carboxylic acids is 2. The maximum Gasteiger partial charge on any atom is 0.238 e. The minimum Gasteiger partial charge on any atom is -0.326 e. The van der Waals surface area contributed by atoms with Crippen molar-refractivity contribution in [3.05, 3.63) is 76.0 Å². The largest absolute Gasteiger partial charge is 0.326 e. The molecule has 3 N–H and O–H groups in total. The molecule has 1 saturated heterocycles. The molecule has 1 fully saturated rings. The number of aryl methyl sites for hydroxylation is 2. The molecule has 4 rings (SSSR count). The zero-order chi connectivity index (χ0) is 23.0. The van der Waals surface area contributed by atoms with E-state index in [-0.39, 0.29) is 23.1 Å². The van der Waals surface area contributed by atoms with Crippen LogP contribution in [0.1, 0.15) is 28.5 Å². The molecule has 7 nitrogen and oxygen atoms in total. The fourth-order valence-electron chi connectivity index (χ4n) is 3.98. The van der Waals surface area contributed by atoms with Crippen LogP contribution in [0.2, 0.25) is 0 Å². The van der Waals surface area contributed by atoms with Crippen LogP contribution in [0.4, 0.5) is 11.4 Å². The van der Waals surface area contributed by atoms with E-state index < -0.39 is 22.0 Å². The van der Waals surface area contributed by atoms with E-state index in [2.05, 4.69) is 5.32 Å². The predicted octanol–water partition coefficient (Wildman–Crippen LogP) is 3.75.